The fraction of sp³-hybridized carbons (Fsp3) is 0.200. The number of hydrogen-bond acceptors (Lipinski definition) is 5. The second-order valence-electron chi connectivity index (χ2n) is 5.39. The first-order valence-electron chi connectivity index (χ1n) is 7.27. The summed E-state index contributed by atoms with van der Waals surface area (Å²) in [6.45, 7) is 0.272. The summed E-state index contributed by atoms with van der Waals surface area (Å²) < 4.78 is 0. The summed E-state index contributed by atoms with van der Waals surface area (Å²) >= 11 is 12.6. The number of hydrogen-bond donors (Lipinski definition) is 3. The first-order valence-corrected chi connectivity index (χ1v) is 8.84. The Labute approximate surface area is 161 Å². The van der Waals surface area contributed by atoms with Crippen molar-refractivity contribution < 1.29 is 24.6 Å². The number of carbonyl (C=O) groups is 3. The number of nitrogens with one attached hydrogen (secondary N) is 1. The van der Waals surface area contributed by atoms with E-state index in [9.17, 15) is 19.5 Å². The Hall–Kier alpha value is -2.36. The van der Waals surface area contributed by atoms with Crippen molar-refractivity contribution in [1.29, 1.82) is 0 Å². The van der Waals surface area contributed by atoms with Gasteiger partial charge in [0.25, 0.3) is 5.91 Å². The van der Waals surface area contributed by atoms with Gasteiger partial charge in [0.05, 0.1) is 17.7 Å². The molecule has 1 aliphatic heterocycles. The molecule has 0 aromatic carbocycles. The van der Waals surface area contributed by atoms with Gasteiger partial charge in [0.2, 0.25) is 0 Å². The molecule has 1 aliphatic rings. The maximum Gasteiger partial charge on any atom is 0.407 e. The van der Waals surface area contributed by atoms with E-state index >= 15 is 0 Å². The van der Waals surface area contributed by atoms with Crippen molar-refractivity contribution in [3.05, 3.63) is 44.0 Å². The highest BCUT2D eigenvalue weighted by Gasteiger charge is 2.30. The molecular weight excluding hydrogens is 405 g/mol. The Morgan fingerprint density at radius 1 is 1.23 bits per heavy atom. The quantitative estimate of drug-likeness (QED) is 0.660. The molecule has 136 valence electrons. The molecule has 0 unspecified atom stereocenters. The molecule has 11 heteroatoms. The third-order valence-electron chi connectivity index (χ3n) is 3.83. The minimum Gasteiger partial charge on any atom is -0.478 e. The number of carboxylic acids is 1. The largest absolute Gasteiger partial charge is 0.478 e. The van der Waals surface area contributed by atoms with E-state index in [4.69, 9.17) is 28.3 Å². The van der Waals surface area contributed by atoms with Gasteiger partial charge in [0.15, 0.2) is 0 Å². The van der Waals surface area contributed by atoms with Crippen molar-refractivity contribution in [2.75, 3.05) is 11.9 Å². The van der Waals surface area contributed by atoms with Crippen LogP contribution in [0.25, 0.3) is 0 Å². The normalized spacial score (nSPS) is 13.2. The van der Waals surface area contributed by atoms with E-state index in [0.29, 0.717) is 10.4 Å². The highest BCUT2D eigenvalue weighted by Crippen LogP contribution is 2.37. The van der Waals surface area contributed by atoms with Crippen molar-refractivity contribution in [2.45, 2.75) is 13.0 Å². The van der Waals surface area contributed by atoms with E-state index in [-0.39, 0.29) is 45.9 Å². The lowest BCUT2D eigenvalue weighted by Crippen LogP contribution is -2.34. The van der Waals surface area contributed by atoms with Gasteiger partial charge in [-0.1, -0.05) is 23.2 Å². The van der Waals surface area contributed by atoms with Crippen LogP contribution in [0.2, 0.25) is 10.3 Å². The van der Waals surface area contributed by atoms with Gasteiger partial charge >= 0.3 is 12.1 Å². The van der Waals surface area contributed by atoms with Crippen molar-refractivity contribution in [3.63, 3.8) is 0 Å². The third-order valence-corrected chi connectivity index (χ3v) is 5.46. The van der Waals surface area contributed by atoms with E-state index in [1.165, 1.54) is 17.0 Å². The lowest BCUT2D eigenvalue weighted by molar-refractivity contribution is 0.0697. The fourth-order valence-corrected chi connectivity index (χ4v) is 4.31. The van der Waals surface area contributed by atoms with Crippen LogP contribution in [0.3, 0.4) is 0 Å². The molecular formula is C15H11Cl2N3O5S. The van der Waals surface area contributed by atoms with Crippen LogP contribution in [0.15, 0.2) is 12.1 Å². The van der Waals surface area contributed by atoms with Gasteiger partial charge in [0.1, 0.15) is 15.3 Å². The molecule has 2 aromatic heterocycles. The third kappa shape index (κ3) is 3.46. The number of rotatable bonds is 3. The SMILES string of the molecule is O=C(Nc1sc2c(c1C(=O)O)CCN(C(=O)O)C2)c1ccc(Cl)nc1Cl. The minimum atomic E-state index is -1.19. The lowest BCUT2D eigenvalue weighted by atomic mass is 10.0. The Morgan fingerprint density at radius 2 is 1.96 bits per heavy atom. The fourth-order valence-electron chi connectivity index (χ4n) is 2.63. The average molecular weight is 416 g/mol. The minimum absolute atomic E-state index is 0.0265. The molecule has 0 radical (unpaired) electrons. The van der Waals surface area contributed by atoms with Gasteiger partial charge in [-0.15, -0.1) is 11.3 Å². The zero-order valence-corrected chi connectivity index (χ0v) is 15.3. The number of fused-ring (bicyclic) bond motifs is 1. The first-order chi connectivity index (χ1) is 12.3. The molecule has 0 saturated heterocycles. The molecule has 2 amide bonds. The van der Waals surface area contributed by atoms with Crippen LogP contribution < -0.4 is 5.32 Å². The number of aromatic nitrogens is 1. The monoisotopic (exact) mass is 415 g/mol. The summed E-state index contributed by atoms with van der Waals surface area (Å²) in [5.74, 6) is -1.82. The van der Waals surface area contributed by atoms with Gasteiger partial charge in [-0.3, -0.25) is 4.79 Å². The van der Waals surface area contributed by atoms with Crippen molar-refractivity contribution >= 4 is 57.5 Å². The molecule has 2 aromatic rings. The molecule has 0 spiro atoms. The van der Waals surface area contributed by atoms with E-state index < -0.39 is 18.0 Å². The van der Waals surface area contributed by atoms with E-state index in [0.717, 1.165) is 11.3 Å². The Balaban J connectivity index is 1.94. The van der Waals surface area contributed by atoms with Gasteiger partial charge < -0.3 is 20.4 Å². The first kappa shape index (κ1) is 18.4. The van der Waals surface area contributed by atoms with Crippen LogP contribution in [0.1, 0.15) is 31.2 Å². The van der Waals surface area contributed by atoms with Gasteiger partial charge in [-0.05, 0) is 24.1 Å². The number of carboxylic acid groups (broad SMARTS) is 2. The average Bonchev–Trinajstić information content (AvgIpc) is 2.91. The zero-order valence-electron chi connectivity index (χ0n) is 13.0. The predicted molar refractivity (Wildman–Crippen MR) is 95.6 cm³/mol. The molecule has 26 heavy (non-hydrogen) atoms. The number of amides is 2. The van der Waals surface area contributed by atoms with Crippen LogP contribution in [-0.2, 0) is 13.0 Å². The van der Waals surface area contributed by atoms with Crippen LogP contribution in [-0.4, -0.2) is 44.6 Å². The van der Waals surface area contributed by atoms with E-state index in [2.05, 4.69) is 10.3 Å². The van der Waals surface area contributed by atoms with Gasteiger partial charge in [0, 0.05) is 11.4 Å². The molecule has 3 heterocycles. The zero-order chi connectivity index (χ0) is 19.0. The predicted octanol–water partition coefficient (Wildman–Crippen LogP) is 3.44. The molecule has 0 fully saturated rings. The lowest BCUT2D eigenvalue weighted by Gasteiger charge is -2.24. The summed E-state index contributed by atoms with van der Waals surface area (Å²) in [5.41, 5.74) is 0.558. The van der Waals surface area contributed by atoms with Crippen LogP contribution in [0.4, 0.5) is 9.80 Å². The summed E-state index contributed by atoms with van der Waals surface area (Å²) in [4.78, 5) is 40.8. The number of thiophene rings is 1. The molecule has 8 nitrogen and oxygen atoms in total. The highest BCUT2D eigenvalue weighted by atomic mass is 35.5. The molecule has 0 atom stereocenters. The number of nitrogens with zero attached hydrogens (tertiary/aromatic N) is 2. The van der Waals surface area contributed by atoms with Crippen molar-refractivity contribution in [2.24, 2.45) is 0 Å². The summed E-state index contributed by atoms with van der Waals surface area (Å²) in [6, 6.07) is 2.78. The summed E-state index contributed by atoms with van der Waals surface area (Å²) in [5, 5.41) is 21.3. The van der Waals surface area contributed by atoms with E-state index in [1.54, 1.807) is 0 Å². The van der Waals surface area contributed by atoms with Crippen molar-refractivity contribution in [1.82, 2.24) is 9.88 Å². The standard InChI is InChI=1S/C15H11Cl2N3O5S/c16-9-2-1-7(11(17)18-9)12(21)19-13-10(14(22)23)6-3-4-20(15(24)25)5-8(6)26-13/h1-2H,3-5H2,(H,19,21)(H,22,23)(H,24,25). The second kappa shape index (κ2) is 7.10. The summed E-state index contributed by atoms with van der Waals surface area (Å²) in [7, 11) is 0. The Morgan fingerprint density at radius 3 is 2.58 bits per heavy atom. The topological polar surface area (TPSA) is 120 Å². The number of halogens is 2. The smallest absolute Gasteiger partial charge is 0.407 e. The maximum absolute atomic E-state index is 12.4. The molecule has 3 N–H and O–H groups in total. The Bertz CT molecular complexity index is 930. The van der Waals surface area contributed by atoms with Crippen LogP contribution in [0, 0.1) is 0 Å². The number of anilines is 1. The summed E-state index contributed by atoms with van der Waals surface area (Å²) in [6.07, 6.45) is -0.815. The van der Waals surface area contributed by atoms with Crippen LogP contribution in [0.5, 0.6) is 0 Å². The molecule has 0 aliphatic carbocycles. The van der Waals surface area contributed by atoms with E-state index in [1.807, 2.05) is 0 Å². The number of pyridine rings is 1. The van der Waals surface area contributed by atoms with Crippen molar-refractivity contribution in [3.8, 4) is 0 Å². The molecule has 3 rings (SSSR count). The molecule has 0 saturated carbocycles. The van der Waals surface area contributed by atoms with Gasteiger partial charge in [-0.25, -0.2) is 14.6 Å². The van der Waals surface area contributed by atoms with Gasteiger partial charge in [-0.2, -0.15) is 0 Å². The highest BCUT2D eigenvalue weighted by molar-refractivity contribution is 7.17. The second-order valence-corrected chi connectivity index (χ2v) is 7.24. The maximum atomic E-state index is 12.4. The number of aromatic carboxylic acids is 1. The Kier molecular flexibility index (Phi) is 5.03. The number of carbonyl (C=O) groups excluding carboxylic acids is 1. The van der Waals surface area contributed by atoms with Crippen LogP contribution >= 0.6 is 34.5 Å². The molecule has 0 bridgehead atoms.